The Labute approximate surface area is 82.2 Å². The van der Waals surface area contributed by atoms with Gasteiger partial charge in [-0.15, -0.1) is 0 Å². The summed E-state index contributed by atoms with van der Waals surface area (Å²) in [6.45, 7) is 4.34. The molecule has 82 valence electrons. The molecule has 1 unspecified atom stereocenters. The summed E-state index contributed by atoms with van der Waals surface area (Å²) >= 11 is 0. The smallest absolute Gasteiger partial charge is 0.339 e. The highest BCUT2D eigenvalue weighted by molar-refractivity contribution is 6.04. The summed E-state index contributed by atoms with van der Waals surface area (Å²) in [6.07, 6.45) is 0. The zero-order chi connectivity index (χ0) is 11.6. The van der Waals surface area contributed by atoms with Crippen LogP contribution in [0.5, 0.6) is 0 Å². The van der Waals surface area contributed by atoms with Crippen molar-refractivity contribution in [1.29, 1.82) is 0 Å². The van der Waals surface area contributed by atoms with Gasteiger partial charge < -0.3 is 21.3 Å². The van der Waals surface area contributed by atoms with Crippen LogP contribution in [-0.4, -0.2) is 34.7 Å². The number of nitrogens with two attached hydrogens (primary N) is 2. The van der Waals surface area contributed by atoms with Gasteiger partial charge in [0, 0.05) is 6.54 Å². The Hall–Kier alpha value is -1.14. The number of carboxylic acid groups (broad SMARTS) is 1. The molecule has 0 saturated heterocycles. The predicted molar refractivity (Wildman–Crippen MR) is 49.5 cm³/mol. The van der Waals surface area contributed by atoms with E-state index in [0.717, 1.165) is 0 Å². The van der Waals surface area contributed by atoms with Crippen molar-refractivity contribution in [3.8, 4) is 0 Å². The minimum Gasteiger partial charge on any atom is -0.479 e. The van der Waals surface area contributed by atoms with Gasteiger partial charge in [-0.05, 0) is 20.8 Å². The summed E-state index contributed by atoms with van der Waals surface area (Å²) in [7, 11) is 0. The maximum absolute atomic E-state index is 11.3. The van der Waals surface area contributed by atoms with Crippen LogP contribution in [0.15, 0.2) is 0 Å². The molecule has 0 aliphatic carbocycles. The molecule has 0 aliphatic rings. The zero-order valence-electron chi connectivity index (χ0n) is 8.53. The maximum atomic E-state index is 11.3. The molecule has 0 fully saturated rings. The van der Waals surface area contributed by atoms with E-state index in [1.54, 1.807) is 20.8 Å². The number of carbonyl (C=O) groups is 2. The largest absolute Gasteiger partial charge is 0.479 e. The van der Waals surface area contributed by atoms with E-state index in [4.69, 9.17) is 21.3 Å². The van der Waals surface area contributed by atoms with Gasteiger partial charge in [0.2, 0.25) is 5.54 Å². The van der Waals surface area contributed by atoms with Gasteiger partial charge in [-0.25, -0.2) is 9.59 Å². The molecule has 5 N–H and O–H groups in total. The Kier molecular flexibility index (Phi) is 3.61. The van der Waals surface area contributed by atoms with Gasteiger partial charge in [-0.2, -0.15) is 0 Å². The third-order valence-electron chi connectivity index (χ3n) is 1.47. The van der Waals surface area contributed by atoms with Crippen molar-refractivity contribution in [2.75, 3.05) is 6.54 Å². The second-order valence-electron chi connectivity index (χ2n) is 3.98. The Bertz CT molecular complexity index is 246. The molecular weight excluding hydrogens is 188 g/mol. The van der Waals surface area contributed by atoms with Gasteiger partial charge in [0.25, 0.3) is 0 Å². The van der Waals surface area contributed by atoms with E-state index in [-0.39, 0.29) is 0 Å². The molecule has 0 saturated carbocycles. The van der Waals surface area contributed by atoms with Gasteiger partial charge in [-0.3, -0.25) is 0 Å². The molecule has 0 aromatic rings. The number of carboxylic acids is 1. The number of esters is 1. The van der Waals surface area contributed by atoms with Crippen LogP contribution in [-0.2, 0) is 14.3 Å². The minimum absolute atomic E-state index is 0.503. The van der Waals surface area contributed by atoms with E-state index < -0.39 is 29.6 Å². The number of rotatable bonds is 3. The fraction of sp³-hybridized carbons (Fsp3) is 0.750. The molecule has 0 aliphatic heterocycles. The van der Waals surface area contributed by atoms with Crippen LogP contribution in [0.2, 0.25) is 0 Å². The Morgan fingerprint density at radius 1 is 1.36 bits per heavy atom. The molecule has 0 amide bonds. The molecule has 0 spiro atoms. The van der Waals surface area contributed by atoms with Gasteiger partial charge in [0.05, 0.1) is 0 Å². The second kappa shape index (κ2) is 3.93. The highest BCUT2D eigenvalue weighted by Gasteiger charge is 2.44. The monoisotopic (exact) mass is 204 g/mol. The lowest BCUT2D eigenvalue weighted by Gasteiger charge is -2.26. The summed E-state index contributed by atoms with van der Waals surface area (Å²) in [5.41, 5.74) is 7.47. The molecule has 0 aromatic heterocycles. The van der Waals surface area contributed by atoms with E-state index in [1.165, 1.54) is 0 Å². The number of hydrogen-bond acceptors (Lipinski definition) is 5. The van der Waals surface area contributed by atoms with Crippen molar-refractivity contribution in [3.05, 3.63) is 0 Å². The molecule has 0 aromatic carbocycles. The molecule has 0 rings (SSSR count). The molecule has 0 heterocycles. The second-order valence-corrected chi connectivity index (χ2v) is 3.98. The number of ether oxygens (including phenoxy) is 1. The number of aliphatic carboxylic acids is 1. The van der Waals surface area contributed by atoms with Crippen LogP contribution >= 0.6 is 0 Å². The first-order valence-corrected chi connectivity index (χ1v) is 4.09. The van der Waals surface area contributed by atoms with Crippen LogP contribution in [0.3, 0.4) is 0 Å². The minimum atomic E-state index is -2.16. The lowest BCUT2D eigenvalue weighted by molar-refractivity contribution is -0.168. The summed E-state index contributed by atoms with van der Waals surface area (Å²) in [5, 5.41) is 8.69. The van der Waals surface area contributed by atoms with E-state index in [0.29, 0.717) is 0 Å². The predicted octanol–water partition coefficient (Wildman–Crippen LogP) is -0.931. The average molecular weight is 204 g/mol. The fourth-order valence-electron chi connectivity index (χ4n) is 0.627. The molecule has 14 heavy (non-hydrogen) atoms. The topological polar surface area (TPSA) is 116 Å². The highest BCUT2D eigenvalue weighted by Crippen LogP contribution is 2.12. The highest BCUT2D eigenvalue weighted by atomic mass is 16.6. The first-order valence-electron chi connectivity index (χ1n) is 4.09. The van der Waals surface area contributed by atoms with Crippen molar-refractivity contribution < 1.29 is 19.4 Å². The van der Waals surface area contributed by atoms with Crippen molar-refractivity contribution >= 4 is 11.9 Å². The van der Waals surface area contributed by atoms with Crippen molar-refractivity contribution in [2.24, 2.45) is 11.5 Å². The van der Waals surface area contributed by atoms with E-state index >= 15 is 0 Å². The first kappa shape index (κ1) is 12.9. The molecule has 0 bridgehead atoms. The Morgan fingerprint density at radius 3 is 2.00 bits per heavy atom. The van der Waals surface area contributed by atoms with E-state index in [9.17, 15) is 9.59 Å². The quantitative estimate of drug-likeness (QED) is 0.404. The van der Waals surface area contributed by atoms with Gasteiger partial charge in [0.1, 0.15) is 5.60 Å². The lowest BCUT2D eigenvalue weighted by Crippen LogP contribution is -2.61. The van der Waals surface area contributed by atoms with Gasteiger partial charge in [0.15, 0.2) is 0 Å². The number of carbonyl (C=O) groups excluding carboxylic acids is 1. The molecular formula is C8H16N2O4. The van der Waals surface area contributed by atoms with Crippen molar-refractivity contribution in [3.63, 3.8) is 0 Å². The summed E-state index contributed by atoms with van der Waals surface area (Å²) < 4.78 is 4.83. The van der Waals surface area contributed by atoms with E-state index in [1.807, 2.05) is 0 Å². The normalized spacial score (nSPS) is 15.8. The van der Waals surface area contributed by atoms with Crippen molar-refractivity contribution in [1.82, 2.24) is 0 Å². The van der Waals surface area contributed by atoms with E-state index in [2.05, 4.69) is 0 Å². The molecule has 0 radical (unpaired) electrons. The summed E-state index contributed by atoms with van der Waals surface area (Å²) in [5.74, 6) is -2.52. The lowest BCUT2D eigenvalue weighted by atomic mass is 10.0. The standard InChI is InChI=1S/C8H16N2O4/c1-7(2,3)14-6(13)8(10,4-9)5(11)12/h4,9-10H2,1-3H3,(H,11,12). The van der Waals surface area contributed by atoms with Crippen LogP contribution in [0.4, 0.5) is 0 Å². The SMILES string of the molecule is CC(C)(C)OC(=O)C(N)(CN)C(=O)O. The maximum Gasteiger partial charge on any atom is 0.339 e. The Balaban J connectivity index is 4.73. The van der Waals surface area contributed by atoms with Gasteiger partial charge >= 0.3 is 11.9 Å². The molecule has 1 atom stereocenters. The average Bonchev–Trinajstić information content (AvgIpc) is 1.99. The first-order chi connectivity index (χ1) is 6.13. The fourth-order valence-corrected chi connectivity index (χ4v) is 0.627. The van der Waals surface area contributed by atoms with Crippen molar-refractivity contribution in [2.45, 2.75) is 31.9 Å². The third-order valence-corrected chi connectivity index (χ3v) is 1.47. The zero-order valence-corrected chi connectivity index (χ0v) is 8.53. The molecule has 6 heteroatoms. The third kappa shape index (κ3) is 2.97. The molecule has 6 nitrogen and oxygen atoms in total. The van der Waals surface area contributed by atoms with Gasteiger partial charge in [-0.1, -0.05) is 0 Å². The summed E-state index contributed by atoms with van der Waals surface area (Å²) in [6, 6.07) is 0. The summed E-state index contributed by atoms with van der Waals surface area (Å²) in [4.78, 5) is 22.0. The Morgan fingerprint density at radius 2 is 1.79 bits per heavy atom. The van der Waals surface area contributed by atoms with Crippen LogP contribution < -0.4 is 11.5 Å². The van der Waals surface area contributed by atoms with Crippen LogP contribution in [0.25, 0.3) is 0 Å². The number of hydrogen-bond donors (Lipinski definition) is 3. The van der Waals surface area contributed by atoms with Crippen LogP contribution in [0.1, 0.15) is 20.8 Å². The van der Waals surface area contributed by atoms with Crippen LogP contribution in [0, 0.1) is 0 Å².